The van der Waals surface area contributed by atoms with E-state index < -0.39 is 33.5 Å². The highest BCUT2D eigenvalue weighted by Gasteiger charge is 2.20. The van der Waals surface area contributed by atoms with Gasteiger partial charge in [0.15, 0.2) is 11.6 Å². The van der Waals surface area contributed by atoms with E-state index in [4.69, 9.17) is 5.11 Å². The summed E-state index contributed by atoms with van der Waals surface area (Å²) in [7, 11) is -3.78. The standard InChI is InChI=1S/C9H11F2NO3S/c1-6(5-13)16(14,15)12-7-2-3-8(10)9(11)4-7/h2-4,6,12-13H,5H2,1H3. The van der Waals surface area contributed by atoms with E-state index in [0.29, 0.717) is 0 Å². The summed E-state index contributed by atoms with van der Waals surface area (Å²) in [5.74, 6) is -2.20. The largest absolute Gasteiger partial charge is 0.395 e. The molecule has 0 spiro atoms. The van der Waals surface area contributed by atoms with Gasteiger partial charge in [-0.1, -0.05) is 0 Å². The predicted octanol–water partition coefficient (Wildman–Crippen LogP) is 1.09. The zero-order chi connectivity index (χ0) is 12.3. The number of benzene rings is 1. The molecular weight excluding hydrogens is 240 g/mol. The van der Waals surface area contributed by atoms with Crippen LogP contribution in [0, 0.1) is 11.6 Å². The van der Waals surface area contributed by atoms with E-state index in [9.17, 15) is 17.2 Å². The van der Waals surface area contributed by atoms with Gasteiger partial charge >= 0.3 is 0 Å². The summed E-state index contributed by atoms with van der Waals surface area (Å²) < 4.78 is 50.3. The van der Waals surface area contributed by atoms with E-state index in [1.54, 1.807) is 0 Å². The fourth-order valence-corrected chi connectivity index (χ4v) is 1.78. The van der Waals surface area contributed by atoms with Crippen LogP contribution in [0.25, 0.3) is 0 Å². The Balaban J connectivity index is 2.93. The molecule has 90 valence electrons. The summed E-state index contributed by atoms with van der Waals surface area (Å²) in [6.07, 6.45) is 0. The first-order chi connectivity index (χ1) is 7.36. The highest BCUT2D eigenvalue weighted by Crippen LogP contribution is 2.15. The molecule has 0 aliphatic rings. The Morgan fingerprint density at radius 2 is 2.00 bits per heavy atom. The van der Waals surface area contributed by atoms with Crippen molar-refractivity contribution in [2.75, 3.05) is 11.3 Å². The number of aliphatic hydroxyl groups excluding tert-OH is 1. The molecule has 0 saturated heterocycles. The van der Waals surface area contributed by atoms with Crippen molar-refractivity contribution in [2.24, 2.45) is 0 Å². The molecule has 0 heterocycles. The van der Waals surface area contributed by atoms with Gasteiger partial charge in [-0.15, -0.1) is 0 Å². The molecule has 4 nitrogen and oxygen atoms in total. The molecular formula is C9H11F2NO3S. The normalized spacial score (nSPS) is 13.5. The number of aliphatic hydroxyl groups is 1. The summed E-state index contributed by atoms with van der Waals surface area (Å²) >= 11 is 0. The SMILES string of the molecule is CC(CO)S(=O)(=O)Nc1ccc(F)c(F)c1. The van der Waals surface area contributed by atoms with Crippen LogP contribution in [0.1, 0.15) is 6.92 Å². The molecule has 0 amide bonds. The molecule has 0 aromatic heterocycles. The first kappa shape index (κ1) is 12.9. The third-order valence-electron chi connectivity index (χ3n) is 1.97. The number of anilines is 1. The van der Waals surface area contributed by atoms with Gasteiger partial charge in [-0.25, -0.2) is 17.2 Å². The van der Waals surface area contributed by atoms with Crippen molar-refractivity contribution in [3.63, 3.8) is 0 Å². The van der Waals surface area contributed by atoms with Crippen molar-refractivity contribution in [2.45, 2.75) is 12.2 Å². The number of hydrogen-bond donors (Lipinski definition) is 2. The van der Waals surface area contributed by atoms with Gasteiger partial charge in [0.1, 0.15) is 5.25 Å². The van der Waals surface area contributed by atoms with Crippen LogP contribution in [0.5, 0.6) is 0 Å². The van der Waals surface area contributed by atoms with Crippen LogP contribution < -0.4 is 4.72 Å². The monoisotopic (exact) mass is 251 g/mol. The predicted molar refractivity (Wildman–Crippen MR) is 55.4 cm³/mol. The zero-order valence-corrected chi connectivity index (χ0v) is 9.26. The smallest absolute Gasteiger partial charge is 0.237 e. The molecule has 0 aliphatic heterocycles. The number of nitrogens with one attached hydrogen (secondary N) is 1. The number of hydrogen-bond acceptors (Lipinski definition) is 3. The Morgan fingerprint density at radius 3 is 2.50 bits per heavy atom. The van der Waals surface area contributed by atoms with Crippen molar-refractivity contribution in [3.8, 4) is 0 Å². The maximum atomic E-state index is 12.8. The maximum Gasteiger partial charge on any atom is 0.237 e. The third kappa shape index (κ3) is 2.89. The van der Waals surface area contributed by atoms with Crippen LogP contribution in [-0.2, 0) is 10.0 Å². The van der Waals surface area contributed by atoms with E-state index in [1.165, 1.54) is 6.92 Å². The summed E-state index contributed by atoms with van der Waals surface area (Å²) in [6.45, 7) is 0.737. The molecule has 0 radical (unpaired) electrons. The number of rotatable bonds is 4. The highest BCUT2D eigenvalue weighted by molar-refractivity contribution is 7.93. The molecule has 7 heteroatoms. The molecule has 0 aliphatic carbocycles. The Bertz CT molecular complexity index is 476. The van der Waals surface area contributed by atoms with E-state index in [1.807, 2.05) is 4.72 Å². The van der Waals surface area contributed by atoms with Crippen molar-refractivity contribution in [1.82, 2.24) is 0 Å². The van der Waals surface area contributed by atoms with Crippen LogP contribution in [0.4, 0.5) is 14.5 Å². The minimum absolute atomic E-state index is 0.0841. The fourth-order valence-electron chi connectivity index (χ4n) is 0.923. The van der Waals surface area contributed by atoms with E-state index in [0.717, 1.165) is 18.2 Å². The topological polar surface area (TPSA) is 66.4 Å². The molecule has 1 aromatic carbocycles. The molecule has 2 N–H and O–H groups in total. The lowest BCUT2D eigenvalue weighted by molar-refractivity contribution is 0.296. The molecule has 0 bridgehead atoms. The van der Waals surface area contributed by atoms with Gasteiger partial charge in [0.05, 0.1) is 12.3 Å². The van der Waals surface area contributed by atoms with Gasteiger partial charge in [-0.05, 0) is 19.1 Å². The van der Waals surface area contributed by atoms with Crippen molar-refractivity contribution in [3.05, 3.63) is 29.8 Å². The average molecular weight is 251 g/mol. The van der Waals surface area contributed by atoms with Gasteiger partial charge < -0.3 is 5.11 Å². The number of halogens is 2. The van der Waals surface area contributed by atoms with Crippen molar-refractivity contribution < 1.29 is 22.3 Å². The second kappa shape index (κ2) is 4.75. The third-order valence-corrected chi connectivity index (χ3v) is 3.70. The molecule has 16 heavy (non-hydrogen) atoms. The molecule has 1 atom stereocenters. The van der Waals surface area contributed by atoms with Gasteiger partial charge in [0.2, 0.25) is 10.0 Å². The van der Waals surface area contributed by atoms with Crippen LogP contribution >= 0.6 is 0 Å². The minimum atomic E-state index is -3.78. The van der Waals surface area contributed by atoms with Crippen LogP contribution in [0.3, 0.4) is 0 Å². The van der Waals surface area contributed by atoms with Crippen LogP contribution in [0.15, 0.2) is 18.2 Å². The average Bonchev–Trinajstić information content (AvgIpc) is 2.22. The summed E-state index contributed by atoms with van der Waals surface area (Å²) in [4.78, 5) is 0. The Kier molecular flexibility index (Phi) is 3.82. The summed E-state index contributed by atoms with van der Waals surface area (Å²) in [5.41, 5.74) is -0.0841. The highest BCUT2D eigenvalue weighted by atomic mass is 32.2. The van der Waals surface area contributed by atoms with E-state index in [-0.39, 0.29) is 5.69 Å². The summed E-state index contributed by atoms with van der Waals surface area (Å²) in [5, 5.41) is 7.67. The van der Waals surface area contributed by atoms with Crippen LogP contribution in [-0.4, -0.2) is 25.4 Å². The van der Waals surface area contributed by atoms with Gasteiger partial charge in [-0.2, -0.15) is 0 Å². The van der Waals surface area contributed by atoms with Gasteiger partial charge in [0.25, 0.3) is 0 Å². The lowest BCUT2D eigenvalue weighted by Crippen LogP contribution is -2.28. The molecule has 0 fully saturated rings. The molecule has 0 saturated carbocycles. The lowest BCUT2D eigenvalue weighted by Gasteiger charge is -2.12. The van der Waals surface area contributed by atoms with Gasteiger partial charge in [-0.3, -0.25) is 4.72 Å². The first-order valence-corrected chi connectivity index (χ1v) is 5.99. The van der Waals surface area contributed by atoms with E-state index in [2.05, 4.69) is 0 Å². The molecule has 1 unspecified atom stereocenters. The Labute approximate surface area is 92.0 Å². The van der Waals surface area contributed by atoms with E-state index >= 15 is 0 Å². The van der Waals surface area contributed by atoms with Gasteiger partial charge in [0, 0.05) is 6.07 Å². The lowest BCUT2D eigenvalue weighted by atomic mass is 10.3. The molecule has 1 rings (SSSR count). The fraction of sp³-hybridized carbons (Fsp3) is 0.333. The Morgan fingerprint density at radius 1 is 1.38 bits per heavy atom. The molecule has 1 aromatic rings. The quantitative estimate of drug-likeness (QED) is 0.841. The number of sulfonamides is 1. The summed E-state index contributed by atoms with van der Waals surface area (Å²) in [6, 6.07) is 2.65. The van der Waals surface area contributed by atoms with Crippen molar-refractivity contribution in [1.29, 1.82) is 0 Å². The second-order valence-electron chi connectivity index (χ2n) is 3.27. The zero-order valence-electron chi connectivity index (χ0n) is 8.44. The van der Waals surface area contributed by atoms with Crippen molar-refractivity contribution >= 4 is 15.7 Å². The second-order valence-corrected chi connectivity index (χ2v) is 5.37. The first-order valence-electron chi connectivity index (χ1n) is 4.44. The maximum absolute atomic E-state index is 12.8. The van der Waals surface area contributed by atoms with Crippen LogP contribution in [0.2, 0.25) is 0 Å². The minimum Gasteiger partial charge on any atom is -0.395 e. The Hall–Kier alpha value is -1.21.